The molecule has 6 heteroatoms. The molecule has 0 saturated carbocycles. The molecule has 6 nitrogen and oxygen atoms in total. The zero-order chi connectivity index (χ0) is 17.3. The van der Waals surface area contributed by atoms with E-state index in [1.165, 1.54) is 0 Å². The first-order valence-corrected chi connectivity index (χ1v) is 8.68. The maximum atomic E-state index is 11.6. The van der Waals surface area contributed by atoms with Crippen LogP contribution in [0.25, 0.3) is 0 Å². The minimum absolute atomic E-state index is 0.0332. The highest BCUT2D eigenvalue weighted by Gasteiger charge is 2.10. The number of carbonyl (C=O) groups is 1. The first-order chi connectivity index (χ1) is 11.1. The van der Waals surface area contributed by atoms with Crippen molar-refractivity contribution in [3.63, 3.8) is 0 Å². The van der Waals surface area contributed by atoms with Crippen LogP contribution in [0.5, 0.6) is 0 Å². The minimum atomic E-state index is 0.0332. The Morgan fingerprint density at radius 3 is 1.65 bits per heavy atom. The molecular formula is C17H35NO5. The van der Waals surface area contributed by atoms with Gasteiger partial charge in [0.2, 0.25) is 5.91 Å². The van der Waals surface area contributed by atoms with Crippen LogP contribution in [-0.2, 0) is 23.7 Å². The maximum absolute atomic E-state index is 11.6. The van der Waals surface area contributed by atoms with E-state index in [2.05, 4.69) is 26.1 Å². The fraction of sp³-hybridized carbons (Fsp3) is 0.941. The lowest BCUT2D eigenvalue weighted by molar-refractivity contribution is -0.123. The van der Waals surface area contributed by atoms with E-state index in [-0.39, 0.29) is 11.9 Å². The fourth-order valence-electron chi connectivity index (χ4n) is 1.56. The van der Waals surface area contributed by atoms with Crippen LogP contribution in [0.4, 0.5) is 0 Å². The van der Waals surface area contributed by atoms with E-state index in [4.69, 9.17) is 18.9 Å². The van der Waals surface area contributed by atoms with Crippen molar-refractivity contribution in [2.24, 2.45) is 5.92 Å². The molecule has 0 aliphatic carbocycles. The van der Waals surface area contributed by atoms with Gasteiger partial charge in [-0.15, -0.1) is 0 Å². The van der Waals surface area contributed by atoms with Gasteiger partial charge in [-0.25, -0.2) is 0 Å². The third kappa shape index (κ3) is 16.0. The van der Waals surface area contributed by atoms with E-state index >= 15 is 0 Å². The Balaban J connectivity index is 3.20. The van der Waals surface area contributed by atoms with Crippen molar-refractivity contribution < 1.29 is 23.7 Å². The minimum Gasteiger partial charge on any atom is -0.379 e. The highest BCUT2D eigenvalue weighted by Crippen LogP contribution is 1.99. The molecule has 1 N–H and O–H groups in total. The van der Waals surface area contributed by atoms with Gasteiger partial charge < -0.3 is 24.3 Å². The molecule has 0 aromatic carbocycles. The van der Waals surface area contributed by atoms with Crippen molar-refractivity contribution in [2.75, 3.05) is 52.9 Å². The van der Waals surface area contributed by atoms with Gasteiger partial charge in [-0.05, 0) is 19.3 Å². The molecule has 0 radical (unpaired) electrons. The molecule has 0 bridgehead atoms. The summed E-state index contributed by atoms with van der Waals surface area (Å²) in [6.45, 7) is 12.8. The van der Waals surface area contributed by atoms with Crippen LogP contribution in [0, 0.1) is 5.92 Å². The first-order valence-electron chi connectivity index (χ1n) is 8.68. The standard InChI is InChI=1S/C17H35NO5/c1-5-7-20-9-11-22-13-14-23-12-10-21-8-6-17(19)18-16(4)15(2)3/h15-16H,5-14H2,1-4H3,(H,18,19). The van der Waals surface area contributed by atoms with Crippen molar-refractivity contribution >= 4 is 5.91 Å². The molecule has 1 unspecified atom stereocenters. The Labute approximate surface area is 141 Å². The van der Waals surface area contributed by atoms with Crippen molar-refractivity contribution in [2.45, 2.75) is 46.6 Å². The molecular weight excluding hydrogens is 298 g/mol. The smallest absolute Gasteiger partial charge is 0.222 e. The first kappa shape index (κ1) is 22.3. The number of carbonyl (C=O) groups excluding carboxylic acids is 1. The maximum Gasteiger partial charge on any atom is 0.222 e. The van der Waals surface area contributed by atoms with Gasteiger partial charge in [0.1, 0.15) is 0 Å². The lowest BCUT2D eigenvalue weighted by atomic mass is 10.1. The molecule has 0 spiro atoms. The number of nitrogens with one attached hydrogen (secondary N) is 1. The van der Waals surface area contributed by atoms with E-state index in [9.17, 15) is 4.79 Å². The monoisotopic (exact) mass is 333 g/mol. The second kappa shape index (κ2) is 16.2. The number of hydrogen-bond donors (Lipinski definition) is 1. The molecule has 0 aliphatic rings. The SMILES string of the molecule is CCCOCCOCCOCCOCCC(=O)NC(C)C(C)C. The fourth-order valence-corrected chi connectivity index (χ4v) is 1.56. The topological polar surface area (TPSA) is 66.0 Å². The number of rotatable bonds is 16. The second-order valence-corrected chi connectivity index (χ2v) is 5.80. The van der Waals surface area contributed by atoms with E-state index < -0.39 is 0 Å². The average Bonchev–Trinajstić information content (AvgIpc) is 2.51. The summed E-state index contributed by atoms with van der Waals surface area (Å²) in [6, 6.07) is 0.193. The molecule has 0 saturated heterocycles. The Morgan fingerprint density at radius 1 is 0.783 bits per heavy atom. The largest absolute Gasteiger partial charge is 0.379 e. The van der Waals surface area contributed by atoms with Gasteiger partial charge in [0.05, 0.1) is 46.2 Å². The summed E-state index contributed by atoms with van der Waals surface area (Å²) in [5.74, 6) is 0.472. The van der Waals surface area contributed by atoms with Crippen LogP contribution in [-0.4, -0.2) is 64.8 Å². The number of hydrogen-bond acceptors (Lipinski definition) is 5. The van der Waals surface area contributed by atoms with Crippen LogP contribution >= 0.6 is 0 Å². The Bertz CT molecular complexity index is 274. The van der Waals surface area contributed by atoms with Crippen LogP contribution in [0.2, 0.25) is 0 Å². The molecule has 0 aliphatic heterocycles. The van der Waals surface area contributed by atoms with Crippen LogP contribution in [0.3, 0.4) is 0 Å². The van der Waals surface area contributed by atoms with Gasteiger partial charge in [0, 0.05) is 19.1 Å². The van der Waals surface area contributed by atoms with Crippen molar-refractivity contribution in [1.29, 1.82) is 0 Å². The van der Waals surface area contributed by atoms with Gasteiger partial charge in [0.15, 0.2) is 0 Å². The van der Waals surface area contributed by atoms with E-state index in [0.29, 0.717) is 58.6 Å². The number of amides is 1. The predicted molar refractivity (Wildman–Crippen MR) is 90.6 cm³/mol. The normalized spacial score (nSPS) is 12.6. The van der Waals surface area contributed by atoms with Crippen LogP contribution in [0.1, 0.15) is 40.5 Å². The lowest BCUT2D eigenvalue weighted by Crippen LogP contribution is -2.36. The molecule has 0 aromatic heterocycles. The van der Waals surface area contributed by atoms with E-state index in [1.807, 2.05) is 6.92 Å². The summed E-state index contributed by atoms with van der Waals surface area (Å²) in [7, 11) is 0. The molecule has 0 rings (SSSR count). The summed E-state index contributed by atoms with van der Waals surface area (Å²) in [5, 5.41) is 2.95. The quantitative estimate of drug-likeness (QED) is 0.438. The highest BCUT2D eigenvalue weighted by atomic mass is 16.6. The summed E-state index contributed by atoms with van der Waals surface area (Å²) in [5.41, 5.74) is 0. The van der Waals surface area contributed by atoms with E-state index in [1.54, 1.807) is 0 Å². The van der Waals surface area contributed by atoms with Crippen LogP contribution in [0.15, 0.2) is 0 Å². The van der Waals surface area contributed by atoms with Crippen molar-refractivity contribution in [1.82, 2.24) is 5.32 Å². The van der Waals surface area contributed by atoms with Gasteiger partial charge in [-0.3, -0.25) is 4.79 Å². The Morgan fingerprint density at radius 2 is 1.22 bits per heavy atom. The summed E-state index contributed by atoms with van der Waals surface area (Å²) in [4.78, 5) is 11.6. The molecule has 0 aromatic rings. The van der Waals surface area contributed by atoms with Crippen LogP contribution < -0.4 is 5.32 Å². The lowest BCUT2D eigenvalue weighted by Gasteiger charge is -2.17. The van der Waals surface area contributed by atoms with Gasteiger partial charge >= 0.3 is 0 Å². The summed E-state index contributed by atoms with van der Waals surface area (Å²) < 4.78 is 21.4. The second-order valence-electron chi connectivity index (χ2n) is 5.80. The van der Waals surface area contributed by atoms with Gasteiger partial charge in [-0.2, -0.15) is 0 Å². The zero-order valence-electron chi connectivity index (χ0n) is 15.3. The van der Waals surface area contributed by atoms with Crippen molar-refractivity contribution in [3.05, 3.63) is 0 Å². The summed E-state index contributed by atoms with van der Waals surface area (Å²) in [6.07, 6.45) is 1.42. The Hall–Kier alpha value is -0.690. The molecule has 0 heterocycles. The third-order valence-electron chi connectivity index (χ3n) is 3.33. The average molecular weight is 333 g/mol. The molecule has 23 heavy (non-hydrogen) atoms. The Kier molecular flexibility index (Phi) is 15.7. The number of ether oxygens (including phenoxy) is 4. The molecule has 1 atom stereocenters. The predicted octanol–water partition coefficient (Wildman–Crippen LogP) is 2.01. The molecule has 1 amide bonds. The van der Waals surface area contributed by atoms with Crippen molar-refractivity contribution in [3.8, 4) is 0 Å². The van der Waals surface area contributed by atoms with Gasteiger partial charge in [-0.1, -0.05) is 20.8 Å². The third-order valence-corrected chi connectivity index (χ3v) is 3.33. The van der Waals surface area contributed by atoms with E-state index in [0.717, 1.165) is 13.0 Å². The summed E-state index contributed by atoms with van der Waals surface area (Å²) >= 11 is 0. The molecule has 0 fully saturated rings. The highest BCUT2D eigenvalue weighted by molar-refractivity contribution is 5.76. The molecule has 138 valence electrons. The zero-order valence-corrected chi connectivity index (χ0v) is 15.3. The van der Waals surface area contributed by atoms with Gasteiger partial charge in [0.25, 0.3) is 0 Å².